The summed E-state index contributed by atoms with van der Waals surface area (Å²) in [4.78, 5) is 15.9. The van der Waals surface area contributed by atoms with Gasteiger partial charge in [0.25, 0.3) is 5.91 Å². The molecule has 2 heterocycles. The van der Waals surface area contributed by atoms with E-state index in [0.717, 1.165) is 10.4 Å². The number of amides is 1. The Labute approximate surface area is 150 Å². The van der Waals surface area contributed by atoms with Crippen LogP contribution in [-0.2, 0) is 10.0 Å². The maximum Gasteiger partial charge on any atom is 0.263 e. The van der Waals surface area contributed by atoms with Gasteiger partial charge in [0.2, 0.25) is 10.0 Å². The van der Waals surface area contributed by atoms with Crippen LogP contribution in [0.4, 0.5) is 4.39 Å². The van der Waals surface area contributed by atoms with Gasteiger partial charge >= 0.3 is 0 Å². The largest absolute Gasteiger partial charge is 0.337 e. The van der Waals surface area contributed by atoms with Crippen molar-refractivity contribution in [2.75, 3.05) is 32.4 Å². The Morgan fingerprint density at radius 2 is 1.76 bits per heavy atom. The van der Waals surface area contributed by atoms with Gasteiger partial charge in [-0.3, -0.25) is 4.79 Å². The molecule has 0 saturated carbocycles. The van der Waals surface area contributed by atoms with Gasteiger partial charge in [0.1, 0.15) is 5.82 Å². The first-order valence-corrected chi connectivity index (χ1v) is 10.6. The lowest BCUT2D eigenvalue weighted by molar-refractivity contribution is 0.0769. The number of rotatable bonds is 3. The van der Waals surface area contributed by atoms with Crippen molar-refractivity contribution in [2.24, 2.45) is 0 Å². The van der Waals surface area contributed by atoms with Crippen molar-refractivity contribution in [1.29, 1.82) is 0 Å². The van der Waals surface area contributed by atoms with Gasteiger partial charge in [-0.25, -0.2) is 17.1 Å². The fourth-order valence-corrected chi connectivity index (χ4v) is 4.66. The van der Waals surface area contributed by atoms with E-state index in [2.05, 4.69) is 0 Å². The molecule has 0 atom stereocenters. The Morgan fingerprint density at radius 1 is 1.04 bits per heavy atom. The fraction of sp³-hybridized carbons (Fsp3) is 0.353. The SMILES string of the molecule is CS(=O)(=O)N1CCCN(C(=O)c2ccc(-c3ccc(F)cc3)s2)CC1. The van der Waals surface area contributed by atoms with Gasteiger partial charge in [0.15, 0.2) is 0 Å². The number of sulfonamides is 1. The highest BCUT2D eigenvalue weighted by molar-refractivity contribution is 7.88. The molecule has 1 aliphatic rings. The first-order valence-electron chi connectivity index (χ1n) is 7.95. The number of nitrogens with zero attached hydrogens (tertiary/aromatic N) is 2. The summed E-state index contributed by atoms with van der Waals surface area (Å²) in [6.45, 7) is 1.68. The highest BCUT2D eigenvalue weighted by Crippen LogP contribution is 2.29. The third-order valence-electron chi connectivity index (χ3n) is 4.16. The molecule has 1 aromatic carbocycles. The van der Waals surface area contributed by atoms with E-state index in [1.54, 1.807) is 23.1 Å². The monoisotopic (exact) mass is 382 g/mol. The van der Waals surface area contributed by atoms with Crippen molar-refractivity contribution >= 4 is 27.3 Å². The van der Waals surface area contributed by atoms with Gasteiger partial charge in [-0.2, -0.15) is 0 Å². The highest BCUT2D eigenvalue weighted by Gasteiger charge is 2.25. The minimum Gasteiger partial charge on any atom is -0.337 e. The second-order valence-electron chi connectivity index (χ2n) is 5.98. The van der Waals surface area contributed by atoms with Crippen LogP contribution in [0.25, 0.3) is 10.4 Å². The van der Waals surface area contributed by atoms with Crippen molar-refractivity contribution in [1.82, 2.24) is 9.21 Å². The van der Waals surface area contributed by atoms with E-state index in [4.69, 9.17) is 0 Å². The lowest BCUT2D eigenvalue weighted by Gasteiger charge is -2.20. The molecular weight excluding hydrogens is 363 g/mol. The lowest BCUT2D eigenvalue weighted by Crippen LogP contribution is -2.36. The number of hydrogen-bond acceptors (Lipinski definition) is 4. The summed E-state index contributed by atoms with van der Waals surface area (Å²) in [5.74, 6) is -0.384. The molecule has 1 fully saturated rings. The normalized spacial score (nSPS) is 16.6. The van der Waals surface area contributed by atoms with E-state index in [0.29, 0.717) is 37.5 Å². The molecule has 134 valence electrons. The molecule has 8 heteroatoms. The number of benzene rings is 1. The van der Waals surface area contributed by atoms with Crippen molar-refractivity contribution in [2.45, 2.75) is 6.42 Å². The molecule has 25 heavy (non-hydrogen) atoms. The average Bonchev–Trinajstić information content (AvgIpc) is 2.91. The predicted molar refractivity (Wildman–Crippen MR) is 96.7 cm³/mol. The van der Waals surface area contributed by atoms with Crippen LogP contribution in [-0.4, -0.2) is 56.0 Å². The second kappa shape index (κ2) is 7.23. The van der Waals surface area contributed by atoms with Crippen LogP contribution in [0, 0.1) is 5.82 Å². The Morgan fingerprint density at radius 3 is 2.44 bits per heavy atom. The van der Waals surface area contributed by atoms with Gasteiger partial charge < -0.3 is 4.90 Å². The molecule has 0 aliphatic carbocycles. The number of carbonyl (C=O) groups excluding carboxylic acids is 1. The standard InChI is InChI=1S/C17H19FN2O3S2/c1-25(22,23)20-10-2-9-19(11-12-20)17(21)16-8-7-15(24-16)13-3-5-14(18)6-4-13/h3-8H,2,9-12H2,1H3. The summed E-state index contributed by atoms with van der Waals surface area (Å²) in [5.41, 5.74) is 0.865. The van der Waals surface area contributed by atoms with Gasteiger partial charge in [0, 0.05) is 31.1 Å². The molecule has 1 aliphatic heterocycles. The van der Waals surface area contributed by atoms with E-state index in [-0.39, 0.29) is 11.7 Å². The summed E-state index contributed by atoms with van der Waals surface area (Å²) >= 11 is 1.36. The molecule has 0 radical (unpaired) electrons. The zero-order chi connectivity index (χ0) is 18.0. The van der Waals surface area contributed by atoms with Gasteiger partial charge in [-0.15, -0.1) is 11.3 Å². The number of hydrogen-bond donors (Lipinski definition) is 0. The molecule has 5 nitrogen and oxygen atoms in total. The quantitative estimate of drug-likeness (QED) is 0.820. The Bertz CT molecular complexity index is 862. The molecule has 1 aromatic heterocycles. The van der Waals surface area contributed by atoms with Crippen molar-refractivity contribution < 1.29 is 17.6 Å². The van der Waals surface area contributed by atoms with Crippen LogP contribution in [0.3, 0.4) is 0 Å². The van der Waals surface area contributed by atoms with Crippen LogP contribution < -0.4 is 0 Å². The molecule has 2 aromatic rings. The second-order valence-corrected chi connectivity index (χ2v) is 9.04. The fourth-order valence-electron chi connectivity index (χ4n) is 2.81. The van der Waals surface area contributed by atoms with Crippen LogP contribution in [0.5, 0.6) is 0 Å². The molecule has 0 unspecified atom stereocenters. The zero-order valence-corrected chi connectivity index (χ0v) is 15.4. The third-order valence-corrected chi connectivity index (χ3v) is 6.58. The first kappa shape index (κ1) is 18.0. The highest BCUT2D eigenvalue weighted by atomic mass is 32.2. The van der Waals surface area contributed by atoms with E-state index >= 15 is 0 Å². The van der Waals surface area contributed by atoms with E-state index in [9.17, 15) is 17.6 Å². The average molecular weight is 382 g/mol. The maximum absolute atomic E-state index is 13.0. The molecule has 1 amide bonds. The zero-order valence-electron chi connectivity index (χ0n) is 13.8. The van der Waals surface area contributed by atoms with E-state index in [1.165, 1.54) is 34.0 Å². The van der Waals surface area contributed by atoms with Crippen molar-refractivity contribution in [3.63, 3.8) is 0 Å². The van der Waals surface area contributed by atoms with Gasteiger partial charge in [-0.1, -0.05) is 12.1 Å². The molecule has 0 N–H and O–H groups in total. The third kappa shape index (κ3) is 4.26. The van der Waals surface area contributed by atoms with Crippen LogP contribution in [0.2, 0.25) is 0 Å². The summed E-state index contributed by atoms with van der Waals surface area (Å²) in [5, 5.41) is 0. The van der Waals surface area contributed by atoms with Gasteiger partial charge in [-0.05, 0) is 36.2 Å². The van der Waals surface area contributed by atoms with Crippen LogP contribution in [0.15, 0.2) is 36.4 Å². The Balaban J connectivity index is 1.72. The summed E-state index contributed by atoms with van der Waals surface area (Å²) < 4.78 is 37.8. The van der Waals surface area contributed by atoms with E-state index in [1.807, 2.05) is 6.07 Å². The summed E-state index contributed by atoms with van der Waals surface area (Å²) in [6.07, 6.45) is 1.81. The van der Waals surface area contributed by atoms with Gasteiger partial charge in [0.05, 0.1) is 11.1 Å². The smallest absolute Gasteiger partial charge is 0.263 e. The number of carbonyl (C=O) groups is 1. The first-order chi connectivity index (χ1) is 11.8. The Hall–Kier alpha value is -1.77. The Kier molecular flexibility index (Phi) is 5.21. The van der Waals surface area contributed by atoms with Crippen LogP contribution in [0.1, 0.15) is 16.1 Å². The molecule has 3 rings (SSSR count). The van der Waals surface area contributed by atoms with Crippen molar-refractivity contribution in [3.8, 4) is 10.4 Å². The molecular formula is C17H19FN2O3S2. The molecule has 1 saturated heterocycles. The lowest BCUT2D eigenvalue weighted by atomic mass is 10.2. The minimum absolute atomic E-state index is 0.0892. The predicted octanol–water partition coefficient (Wildman–Crippen LogP) is 2.66. The topological polar surface area (TPSA) is 57.7 Å². The van der Waals surface area contributed by atoms with Crippen LogP contribution >= 0.6 is 11.3 Å². The van der Waals surface area contributed by atoms with Crippen molar-refractivity contribution in [3.05, 3.63) is 47.1 Å². The van der Waals surface area contributed by atoms with E-state index < -0.39 is 10.0 Å². The number of thiophene rings is 1. The summed E-state index contributed by atoms with van der Waals surface area (Å²) in [7, 11) is -3.23. The minimum atomic E-state index is -3.23. The maximum atomic E-state index is 13.0. The molecule has 0 spiro atoms. The number of halogens is 1. The molecule has 0 bridgehead atoms. The summed E-state index contributed by atoms with van der Waals surface area (Å²) in [6, 6.07) is 9.78.